The molecule has 0 unspecified atom stereocenters. The van der Waals surface area contributed by atoms with Crippen molar-refractivity contribution in [1.82, 2.24) is 4.90 Å². The zero-order valence-corrected chi connectivity index (χ0v) is 13.1. The van der Waals surface area contributed by atoms with Gasteiger partial charge in [-0.3, -0.25) is 4.79 Å². The highest BCUT2D eigenvalue weighted by Gasteiger charge is 2.36. The van der Waals surface area contributed by atoms with Gasteiger partial charge in [-0.25, -0.2) is 9.69 Å². The fourth-order valence-electron chi connectivity index (χ4n) is 2.68. The number of nitrogens with zero attached hydrogens (tertiary/aromatic N) is 1. The number of nitrogens with two attached hydrogens (primary N) is 1. The summed E-state index contributed by atoms with van der Waals surface area (Å²) in [6.45, 7) is 0.214. The van der Waals surface area contributed by atoms with E-state index < -0.39 is 6.09 Å². The first-order valence-corrected chi connectivity index (χ1v) is 7.71. The van der Waals surface area contributed by atoms with Crippen molar-refractivity contribution in [2.45, 2.75) is 12.5 Å². The first-order chi connectivity index (χ1) is 11.6. The van der Waals surface area contributed by atoms with Crippen molar-refractivity contribution >= 4 is 23.8 Å². The number of cyclic esters (lactones) is 1. The minimum Gasteiger partial charge on any atom is -0.447 e. The van der Waals surface area contributed by atoms with Crippen LogP contribution in [0.15, 0.2) is 60.7 Å². The molecule has 1 heterocycles. The molecule has 2 aromatic rings. The summed E-state index contributed by atoms with van der Waals surface area (Å²) < 4.78 is 5.05. The van der Waals surface area contributed by atoms with Crippen LogP contribution in [0.5, 0.6) is 0 Å². The monoisotopic (exact) mass is 322 g/mol. The summed E-state index contributed by atoms with van der Waals surface area (Å²) in [6.07, 6.45) is 2.99. The quantitative estimate of drug-likeness (QED) is 0.694. The zero-order chi connectivity index (χ0) is 16.9. The minimum atomic E-state index is -0.599. The number of imide groups is 1. The van der Waals surface area contributed by atoms with Crippen molar-refractivity contribution in [1.29, 1.82) is 0 Å². The Labute approximate surface area is 140 Å². The van der Waals surface area contributed by atoms with Gasteiger partial charge in [0.1, 0.15) is 6.61 Å². The van der Waals surface area contributed by atoms with Gasteiger partial charge in [-0.2, -0.15) is 0 Å². The third-order valence-corrected chi connectivity index (χ3v) is 3.84. The molecule has 5 heteroatoms. The molecule has 1 aliphatic heterocycles. The first-order valence-electron chi connectivity index (χ1n) is 7.71. The largest absolute Gasteiger partial charge is 0.447 e. The van der Waals surface area contributed by atoms with E-state index in [1.54, 1.807) is 18.2 Å². The van der Waals surface area contributed by atoms with Crippen LogP contribution in [0.25, 0.3) is 6.08 Å². The Morgan fingerprint density at radius 3 is 2.75 bits per heavy atom. The number of ether oxygens (including phenoxy) is 1. The van der Waals surface area contributed by atoms with E-state index in [0.29, 0.717) is 12.1 Å². The lowest BCUT2D eigenvalue weighted by atomic mass is 10.1. The Morgan fingerprint density at radius 2 is 2.00 bits per heavy atom. The van der Waals surface area contributed by atoms with Gasteiger partial charge in [0.25, 0.3) is 5.91 Å². The van der Waals surface area contributed by atoms with E-state index in [4.69, 9.17) is 10.5 Å². The van der Waals surface area contributed by atoms with E-state index in [1.807, 2.05) is 42.5 Å². The molecule has 0 saturated carbocycles. The Morgan fingerprint density at radius 1 is 1.21 bits per heavy atom. The van der Waals surface area contributed by atoms with Gasteiger partial charge in [-0.05, 0) is 35.8 Å². The normalized spacial score (nSPS) is 17.2. The van der Waals surface area contributed by atoms with Crippen LogP contribution < -0.4 is 5.73 Å². The standard InChI is InChI=1S/C19H18N2O3/c20-16-8-4-7-15(11-16)9-10-18(22)21-17(13-24-19(21)23)12-14-5-2-1-3-6-14/h1-11,17H,12-13,20H2/t17-/m0/s1. The molecule has 24 heavy (non-hydrogen) atoms. The molecule has 0 bridgehead atoms. The van der Waals surface area contributed by atoms with Crippen LogP contribution >= 0.6 is 0 Å². The smallest absolute Gasteiger partial charge is 0.417 e. The SMILES string of the molecule is Nc1cccc(C=CC(=O)N2C(=O)OC[C@@H]2Cc2ccccc2)c1. The van der Waals surface area contributed by atoms with Gasteiger partial charge < -0.3 is 10.5 Å². The number of carbonyl (C=O) groups is 2. The van der Waals surface area contributed by atoms with Gasteiger partial charge in [0, 0.05) is 11.8 Å². The summed E-state index contributed by atoms with van der Waals surface area (Å²) in [5.74, 6) is -0.388. The number of rotatable bonds is 4. The molecule has 0 aromatic heterocycles. The third kappa shape index (κ3) is 3.63. The lowest BCUT2D eigenvalue weighted by molar-refractivity contribution is -0.124. The van der Waals surface area contributed by atoms with E-state index in [1.165, 1.54) is 11.0 Å². The molecular weight excluding hydrogens is 304 g/mol. The van der Waals surface area contributed by atoms with Crippen molar-refractivity contribution in [2.24, 2.45) is 0 Å². The topological polar surface area (TPSA) is 72.6 Å². The molecule has 1 fully saturated rings. The second-order valence-electron chi connectivity index (χ2n) is 5.63. The van der Waals surface area contributed by atoms with E-state index in [2.05, 4.69) is 0 Å². The van der Waals surface area contributed by atoms with E-state index >= 15 is 0 Å². The van der Waals surface area contributed by atoms with Crippen molar-refractivity contribution < 1.29 is 14.3 Å². The number of anilines is 1. The summed E-state index contributed by atoms with van der Waals surface area (Å²) in [5, 5.41) is 0. The molecule has 0 spiro atoms. The molecule has 5 nitrogen and oxygen atoms in total. The number of benzene rings is 2. The summed E-state index contributed by atoms with van der Waals surface area (Å²) >= 11 is 0. The summed E-state index contributed by atoms with van der Waals surface area (Å²) in [7, 11) is 0. The second kappa shape index (κ2) is 7.00. The predicted octanol–water partition coefficient (Wildman–Crippen LogP) is 2.87. The van der Waals surface area contributed by atoms with E-state index in [9.17, 15) is 9.59 Å². The average Bonchev–Trinajstić information content (AvgIpc) is 2.94. The van der Waals surface area contributed by atoms with Crippen LogP contribution in [0.2, 0.25) is 0 Å². The number of hydrogen-bond donors (Lipinski definition) is 1. The van der Waals surface area contributed by atoms with Crippen molar-refractivity contribution in [2.75, 3.05) is 12.3 Å². The molecule has 1 atom stereocenters. The Balaban J connectivity index is 1.72. The Bertz CT molecular complexity index is 771. The number of amides is 2. The van der Waals surface area contributed by atoms with Gasteiger partial charge in [0.15, 0.2) is 0 Å². The molecule has 1 aliphatic rings. The lowest BCUT2D eigenvalue weighted by Crippen LogP contribution is -2.39. The molecule has 0 aliphatic carbocycles. The summed E-state index contributed by atoms with van der Waals surface area (Å²) in [5.41, 5.74) is 8.19. The Hall–Kier alpha value is -3.08. The maximum Gasteiger partial charge on any atom is 0.417 e. The molecule has 0 radical (unpaired) electrons. The molecule has 1 saturated heterocycles. The fourth-order valence-corrected chi connectivity index (χ4v) is 2.68. The van der Waals surface area contributed by atoms with Gasteiger partial charge >= 0.3 is 6.09 Å². The predicted molar refractivity (Wildman–Crippen MR) is 92.0 cm³/mol. The van der Waals surface area contributed by atoms with Gasteiger partial charge in [-0.1, -0.05) is 42.5 Å². The van der Waals surface area contributed by atoms with Crippen LogP contribution in [-0.4, -0.2) is 29.5 Å². The maximum absolute atomic E-state index is 12.4. The van der Waals surface area contributed by atoms with Crippen LogP contribution in [0.3, 0.4) is 0 Å². The minimum absolute atomic E-state index is 0.214. The molecule has 122 valence electrons. The second-order valence-corrected chi connectivity index (χ2v) is 5.63. The summed E-state index contributed by atoms with van der Waals surface area (Å²) in [6, 6.07) is 16.6. The maximum atomic E-state index is 12.4. The van der Waals surface area contributed by atoms with Crippen molar-refractivity contribution in [3.63, 3.8) is 0 Å². The van der Waals surface area contributed by atoms with Gasteiger partial charge in [0.2, 0.25) is 0 Å². The van der Waals surface area contributed by atoms with Crippen molar-refractivity contribution in [3.8, 4) is 0 Å². The molecule has 3 rings (SSSR count). The number of nitrogen functional groups attached to an aromatic ring is 1. The lowest BCUT2D eigenvalue weighted by Gasteiger charge is -2.18. The highest BCUT2D eigenvalue weighted by molar-refractivity contribution is 6.02. The van der Waals surface area contributed by atoms with Crippen molar-refractivity contribution in [3.05, 3.63) is 71.8 Å². The Kier molecular flexibility index (Phi) is 4.61. The third-order valence-electron chi connectivity index (χ3n) is 3.84. The van der Waals surface area contributed by atoms with Crippen LogP contribution in [0.4, 0.5) is 10.5 Å². The highest BCUT2D eigenvalue weighted by Crippen LogP contribution is 2.18. The van der Waals surface area contributed by atoms with Crippen LogP contribution in [0.1, 0.15) is 11.1 Å². The summed E-state index contributed by atoms with van der Waals surface area (Å²) in [4.78, 5) is 25.5. The van der Waals surface area contributed by atoms with Crippen LogP contribution in [-0.2, 0) is 16.0 Å². The molecule has 2 amide bonds. The number of hydrogen-bond acceptors (Lipinski definition) is 4. The fraction of sp³-hybridized carbons (Fsp3) is 0.158. The number of carbonyl (C=O) groups excluding carboxylic acids is 2. The zero-order valence-electron chi connectivity index (χ0n) is 13.1. The van der Waals surface area contributed by atoms with Gasteiger partial charge in [-0.15, -0.1) is 0 Å². The van der Waals surface area contributed by atoms with E-state index in [-0.39, 0.29) is 18.6 Å². The first kappa shape index (κ1) is 15.8. The van der Waals surface area contributed by atoms with Gasteiger partial charge in [0.05, 0.1) is 6.04 Å². The molecular formula is C19H18N2O3. The average molecular weight is 322 g/mol. The van der Waals surface area contributed by atoms with Crippen LogP contribution in [0, 0.1) is 0 Å². The highest BCUT2D eigenvalue weighted by atomic mass is 16.6. The molecule has 2 aromatic carbocycles. The van der Waals surface area contributed by atoms with E-state index in [0.717, 1.165) is 11.1 Å². The molecule has 2 N–H and O–H groups in total.